The van der Waals surface area contributed by atoms with E-state index < -0.39 is 4.92 Å². The van der Waals surface area contributed by atoms with Crippen molar-refractivity contribution in [1.29, 1.82) is 0 Å². The van der Waals surface area contributed by atoms with Crippen molar-refractivity contribution in [3.8, 4) is 5.75 Å². The Hall–Kier alpha value is -4.47. The van der Waals surface area contributed by atoms with Gasteiger partial charge in [-0.15, -0.1) is 0 Å². The molecule has 1 amide bonds. The molecule has 10 nitrogen and oxygen atoms in total. The zero-order chi connectivity index (χ0) is 28.6. The maximum absolute atomic E-state index is 13.3. The number of ether oxygens (including phenoxy) is 1. The number of aliphatic imine (C=N–C) groups is 1. The minimum absolute atomic E-state index is 0.00846. The summed E-state index contributed by atoms with van der Waals surface area (Å²) in [6.45, 7) is 3.82. The van der Waals surface area contributed by atoms with Crippen LogP contribution in [0.1, 0.15) is 62.3 Å². The predicted octanol–water partition coefficient (Wildman–Crippen LogP) is 4.69. The van der Waals surface area contributed by atoms with E-state index in [4.69, 9.17) is 4.74 Å². The van der Waals surface area contributed by atoms with Gasteiger partial charge in [-0.05, 0) is 48.5 Å². The van der Waals surface area contributed by atoms with Gasteiger partial charge in [-0.2, -0.15) is 0 Å². The van der Waals surface area contributed by atoms with Gasteiger partial charge in [0.05, 0.1) is 18.5 Å². The predicted molar refractivity (Wildman–Crippen MR) is 155 cm³/mol. The number of H-pyrrole nitrogens is 1. The average Bonchev–Trinajstić information content (AvgIpc) is 3.56. The van der Waals surface area contributed by atoms with Crippen molar-refractivity contribution in [3.05, 3.63) is 75.6 Å². The van der Waals surface area contributed by atoms with Crippen LogP contribution in [0.2, 0.25) is 0 Å². The number of carbonyl (C=O) groups excluding carboxylic acids is 2. The number of methoxy groups -OCH3 is 1. The fourth-order valence-electron chi connectivity index (χ4n) is 4.87. The third-order valence-corrected chi connectivity index (χ3v) is 7.14. The highest BCUT2D eigenvalue weighted by Crippen LogP contribution is 2.27. The number of nitro groups is 1. The number of carbonyl (C=O) groups is 2. The Bertz CT molecular complexity index is 1470. The van der Waals surface area contributed by atoms with Gasteiger partial charge in [0.15, 0.2) is 11.9 Å². The molecular formula is C30H35N5O5+. The van der Waals surface area contributed by atoms with Crippen molar-refractivity contribution in [1.82, 2.24) is 20.6 Å². The van der Waals surface area contributed by atoms with Crippen molar-refractivity contribution in [2.45, 2.75) is 64.8 Å². The smallest absolute Gasteiger partial charge is 0.319 e. The van der Waals surface area contributed by atoms with E-state index >= 15 is 0 Å². The fraction of sp³-hybridized carbons (Fsp3) is 0.367. The van der Waals surface area contributed by atoms with Crippen LogP contribution in [0.5, 0.6) is 5.75 Å². The van der Waals surface area contributed by atoms with E-state index in [1.54, 1.807) is 25.4 Å². The summed E-state index contributed by atoms with van der Waals surface area (Å²) in [6.07, 6.45) is 6.02. The SMILES string of the molecule is CCC(=O)CCCCC[C@H](NC(=O)Cc1c(C)[nH]c2ccc(OC)cc12)C1=[N+]C=C(c2cccc([N+](=O)[O-])c2)N1. The summed E-state index contributed by atoms with van der Waals surface area (Å²) < 4.78 is 5.37. The van der Waals surface area contributed by atoms with E-state index in [0.717, 1.165) is 47.2 Å². The van der Waals surface area contributed by atoms with Crippen LogP contribution in [0.15, 0.2) is 48.7 Å². The first kappa shape index (κ1) is 28.5. The topological polar surface area (TPSA) is 140 Å². The number of fused-ring (bicyclic) bond motifs is 1. The lowest BCUT2D eigenvalue weighted by Crippen LogP contribution is -2.47. The maximum Gasteiger partial charge on any atom is 0.319 e. The minimum atomic E-state index is -0.435. The molecule has 1 radical (unpaired) electrons. The standard InChI is InChI=1S/C30H35N5O5/c1-4-22(36)11-6-5-7-12-27(30-31-18-28(34-30)20-9-8-10-21(15-20)35(38)39)33-29(37)17-24-19(2)32-26-14-13-23(40-3)16-25(24)26/h8-10,13-16,18,27,32,34H,4-7,11-12,17H2,1-3H3,(H,33,37)/q+1/t27-/m0/s1. The van der Waals surface area contributed by atoms with Gasteiger partial charge < -0.3 is 15.0 Å². The van der Waals surface area contributed by atoms with E-state index in [9.17, 15) is 19.7 Å². The largest absolute Gasteiger partial charge is 0.497 e. The molecule has 2 heterocycles. The Kier molecular flexibility index (Phi) is 9.31. The van der Waals surface area contributed by atoms with Gasteiger partial charge in [0, 0.05) is 47.1 Å². The molecule has 3 N–H and O–H groups in total. The molecule has 3 aromatic rings. The number of rotatable bonds is 14. The third kappa shape index (κ3) is 6.93. The molecule has 2 aromatic carbocycles. The summed E-state index contributed by atoms with van der Waals surface area (Å²) >= 11 is 0. The molecule has 1 aromatic heterocycles. The summed E-state index contributed by atoms with van der Waals surface area (Å²) in [5, 5.41) is 18.6. The van der Waals surface area contributed by atoms with E-state index in [0.29, 0.717) is 36.4 Å². The van der Waals surface area contributed by atoms with Gasteiger partial charge >= 0.3 is 5.84 Å². The molecule has 0 aliphatic carbocycles. The van der Waals surface area contributed by atoms with Crippen LogP contribution >= 0.6 is 0 Å². The van der Waals surface area contributed by atoms with Crippen LogP contribution in [-0.4, -0.2) is 40.6 Å². The number of amides is 1. The Morgan fingerprint density at radius 2 is 1.98 bits per heavy atom. The normalized spacial score (nSPS) is 13.4. The maximum atomic E-state index is 13.3. The van der Waals surface area contributed by atoms with Gasteiger partial charge in [-0.1, -0.05) is 31.9 Å². The number of aromatic nitrogens is 1. The van der Waals surface area contributed by atoms with Crippen LogP contribution in [0.3, 0.4) is 0 Å². The fourth-order valence-corrected chi connectivity index (χ4v) is 4.87. The number of nitrogens with one attached hydrogen (secondary N) is 3. The van der Waals surface area contributed by atoms with Crippen LogP contribution in [0.4, 0.5) is 5.69 Å². The van der Waals surface area contributed by atoms with Crippen molar-refractivity contribution in [3.63, 3.8) is 0 Å². The molecule has 0 saturated carbocycles. The Morgan fingerprint density at radius 1 is 1.15 bits per heavy atom. The average molecular weight is 546 g/mol. The quantitative estimate of drug-likeness (QED) is 0.153. The first-order valence-electron chi connectivity index (χ1n) is 13.5. The molecule has 1 aliphatic heterocycles. The van der Waals surface area contributed by atoms with E-state index in [1.807, 2.05) is 32.0 Å². The molecule has 1 aliphatic rings. The zero-order valence-corrected chi connectivity index (χ0v) is 23.1. The number of non-ortho nitro benzene ring substituents is 1. The Balaban J connectivity index is 1.46. The van der Waals surface area contributed by atoms with Crippen molar-refractivity contribution < 1.29 is 19.2 Å². The molecule has 0 unspecified atom stereocenters. The second-order valence-electron chi connectivity index (χ2n) is 9.92. The molecule has 0 fully saturated rings. The van der Waals surface area contributed by atoms with Gasteiger partial charge in [0.25, 0.3) is 5.69 Å². The first-order valence-corrected chi connectivity index (χ1v) is 13.5. The van der Waals surface area contributed by atoms with Crippen LogP contribution in [0.25, 0.3) is 16.6 Å². The minimum Gasteiger partial charge on any atom is -0.497 e. The molecule has 4 rings (SSSR count). The Morgan fingerprint density at radius 3 is 2.73 bits per heavy atom. The van der Waals surface area contributed by atoms with Crippen LogP contribution in [-0.2, 0) is 16.0 Å². The van der Waals surface area contributed by atoms with Crippen LogP contribution < -0.4 is 20.4 Å². The van der Waals surface area contributed by atoms with Crippen LogP contribution in [0, 0.1) is 17.0 Å². The summed E-state index contributed by atoms with van der Waals surface area (Å²) in [7, 11) is 1.61. The summed E-state index contributed by atoms with van der Waals surface area (Å²) in [5.41, 5.74) is 4.02. The van der Waals surface area contributed by atoms with E-state index in [2.05, 4.69) is 20.6 Å². The lowest BCUT2D eigenvalue weighted by molar-refractivity contribution is -0.384. The van der Waals surface area contributed by atoms with Gasteiger partial charge in [-0.3, -0.25) is 19.7 Å². The number of hydrogen-bond donors (Lipinski definition) is 3. The number of ketones is 1. The van der Waals surface area contributed by atoms with Crippen molar-refractivity contribution in [2.75, 3.05) is 7.11 Å². The summed E-state index contributed by atoms with van der Waals surface area (Å²) in [6, 6.07) is 11.7. The highest BCUT2D eigenvalue weighted by atomic mass is 16.6. The lowest BCUT2D eigenvalue weighted by atomic mass is 10.0. The number of unbranched alkanes of at least 4 members (excludes halogenated alkanes) is 2. The summed E-state index contributed by atoms with van der Waals surface area (Å²) in [5.74, 6) is 1.41. The third-order valence-electron chi connectivity index (χ3n) is 7.14. The second-order valence-corrected chi connectivity index (χ2v) is 9.92. The number of benzene rings is 2. The van der Waals surface area contributed by atoms with E-state index in [-0.39, 0.29) is 29.8 Å². The highest BCUT2D eigenvalue weighted by Gasteiger charge is 2.31. The number of amidine groups is 1. The number of aryl methyl sites for hydroxylation is 1. The van der Waals surface area contributed by atoms with Crippen molar-refractivity contribution >= 4 is 39.8 Å². The number of hydrogen-bond acceptors (Lipinski definition) is 7. The molecule has 40 heavy (non-hydrogen) atoms. The molecule has 209 valence electrons. The number of nitrogens with zero attached hydrogens (tertiary/aromatic N) is 2. The Labute approximate surface area is 233 Å². The molecule has 1 atom stereocenters. The monoisotopic (exact) mass is 545 g/mol. The van der Waals surface area contributed by atoms with Gasteiger partial charge in [0.1, 0.15) is 17.6 Å². The molecule has 10 heteroatoms. The first-order chi connectivity index (χ1) is 19.3. The summed E-state index contributed by atoms with van der Waals surface area (Å²) in [4.78, 5) is 43.7. The zero-order valence-electron chi connectivity index (χ0n) is 23.1. The number of nitro benzene ring substituents is 1. The van der Waals surface area contributed by atoms with Crippen molar-refractivity contribution in [2.24, 2.45) is 0 Å². The van der Waals surface area contributed by atoms with Gasteiger partial charge in [-0.25, -0.2) is 5.32 Å². The molecular weight excluding hydrogens is 510 g/mol. The molecule has 0 bridgehead atoms. The number of Topliss-reactive ketones (excluding diaryl/α,β-unsaturated/α-hetero) is 1. The van der Waals surface area contributed by atoms with E-state index in [1.165, 1.54) is 12.1 Å². The highest BCUT2D eigenvalue weighted by molar-refractivity contribution is 6.00. The van der Waals surface area contributed by atoms with Gasteiger partial charge in [0.2, 0.25) is 5.91 Å². The molecule has 0 saturated heterocycles. The second kappa shape index (κ2) is 13.1. The molecule has 0 spiro atoms. The lowest BCUT2D eigenvalue weighted by Gasteiger charge is -2.16. The number of aromatic amines is 1.